The maximum Gasteiger partial charge on any atom is 0.220 e. The second-order valence-corrected chi connectivity index (χ2v) is 5.01. The number of hydrogen-bond donors (Lipinski definition) is 2. The number of morpholine rings is 1. The van der Waals surface area contributed by atoms with Crippen LogP contribution in [0.1, 0.15) is 32.1 Å². The molecule has 5 heteroatoms. The second-order valence-electron chi connectivity index (χ2n) is 5.01. The van der Waals surface area contributed by atoms with E-state index >= 15 is 0 Å². The Labute approximate surface area is 110 Å². The van der Waals surface area contributed by atoms with E-state index in [2.05, 4.69) is 17.3 Å². The Hall–Kier alpha value is -0.650. The van der Waals surface area contributed by atoms with Crippen molar-refractivity contribution in [3.63, 3.8) is 0 Å². The van der Waals surface area contributed by atoms with Gasteiger partial charge >= 0.3 is 0 Å². The first-order valence-corrected chi connectivity index (χ1v) is 6.99. The third kappa shape index (κ3) is 6.93. The first-order chi connectivity index (χ1) is 8.72. The van der Waals surface area contributed by atoms with Crippen molar-refractivity contribution >= 4 is 5.91 Å². The number of ether oxygens (including phenoxy) is 1. The quantitative estimate of drug-likeness (QED) is 0.615. The van der Waals surface area contributed by atoms with E-state index in [9.17, 15) is 4.79 Å². The van der Waals surface area contributed by atoms with E-state index in [0.29, 0.717) is 13.0 Å². The highest BCUT2D eigenvalue weighted by molar-refractivity contribution is 5.75. The normalized spacial score (nSPS) is 20.9. The van der Waals surface area contributed by atoms with Gasteiger partial charge in [-0.05, 0) is 26.4 Å². The number of nitrogens with two attached hydrogens (primary N) is 1. The number of carbonyl (C=O) groups is 1. The van der Waals surface area contributed by atoms with Crippen LogP contribution in [-0.2, 0) is 9.53 Å². The molecule has 0 aliphatic carbocycles. The van der Waals surface area contributed by atoms with Crippen molar-refractivity contribution in [2.45, 2.75) is 38.2 Å². The van der Waals surface area contributed by atoms with Gasteiger partial charge in [0, 0.05) is 26.1 Å². The molecule has 1 aliphatic rings. The van der Waals surface area contributed by atoms with Crippen molar-refractivity contribution in [1.29, 1.82) is 0 Å². The molecule has 1 aliphatic heterocycles. The Kier molecular flexibility index (Phi) is 7.96. The highest BCUT2D eigenvalue weighted by Crippen LogP contribution is 2.04. The smallest absolute Gasteiger partial charge is 0.220 e. The van der Waals surface area contributed by atoms with E-state index in [0.717, 1.165) is 51.9 Å². The molecular weight excluding hydrogens is 230 g/mol. The van der Waals surface area contributed by atoms with Crippen LogP contribution in [0.2, 0.25) is 0 Å². The Bertz CT molecular complexity index is 236. The standard InChI is InChI=1S/C13H27N3O2/c1-16-8-9-18-12(11-16)10-15-13(17)6-4-2-3-5-7-14/h12H,2-11,14H2,1H3,(H,15,17). The maximum absolute atomic E-state index is 11.6. The van der Waals surface area contributed by atoms with Gasteiger partial charge in [0.2, 0.25) is 5.91 Å². The minimum absolute atomic E-state index is 0.138. The lowest BCUT2D eigenvalue weighted by Crippen LogP contribution is -2.45. The van der Waals surface area contributed by atoms with E-state index in [4.69, 9.17) is 10.5 Å². The Morgan fingerprint density at radius 1 is 1.39 bits per heavy atom. The van der Waals surface area contributed by atoms with E-state index in [-0.39, 0.29) is 12.0 Å². The van der Waals surface area contributed by atoms with Crippen molar-refractivity contribution in [1.82, 2.24) is 10.2 Å². The molecule has 1 fully saturated rings. The molecule has 1 atom stereocenters. The van der Waals surface area contributed by atoms with Gasteiger partial charge in [0.25, 0.3) is 0 Å². The largest absolute Gasteiger partial charge is 0.374 e. The fraction of sp³-hybridized carbons (Fsp3) is 0.923. The highest BCUT2D eigenvalue weighted by Gasteiger charge is 2.17. The molecule has 3 N–H and O–H groups in total. The Morgan fingerprint density at radius 2 is 2.17 bits per heavy atom. The number of carbonyl (C=O) groups excluding carboxylic acids is 1. The molecule has 1 rings (SSSR count). The van der Waals surface area contributed by atoms with Gasteiger partial charge in [0.15, 0.2) is 0 Å². The zero-order valence-corrected chi connectivity index (χ0v) is 11.5. The fourth-order valence-electron chi connectivity index (χ4n) is 2.09. The molecule has 0 aromatic heterocycles. The van der Waals surface area contributed by atoms with Gasteiger partial charge in [-0.25, -0.2) is 0 Å². The summed E-state index contributed by atoms with van der Waals surface area (Å²) in [6.07, 6.45) is 4.99. The van der Waals surface area contributed by atoms with Crippen LogP contribution in [0, 0.1) is 0 Å². The second kappa shape index (κ2) is 9.30. The lowest BCUT2D eigenvalue weighted by molar-refractivity contribution is -0.122. The number of hydrogen-bond acceptors (Lipinski definition) is 4. The summed E-state index contributed by atoms with van der Waals surface area (Å²) in [5.74, 6) is 0.138. The van der Waals surface area contributed by atoms with E-state index in [1.165, 1.54) is 0 Å². The van der Waals surface area contributed by atoms with Crippen LogP contribution in [0.3, 0.4) is 0 Å². The number of nitrogens with one attached hydrogen (secondary N) is 1. The molecule has 18 heavy (non-hydrogen) atoms. The lowest BCUT2D eigenvalue weighted by atomic mass is 10.1. The molecule has 0 saturated carbocycles. The average Bonchev–Trinajstić information content (AvgIpc) is 2.36. The van der Waals surface area contributed by atoms with Crippen LogP contribution in [0.5, 0.6) is 0 Å². The molecule has 5 nitrogen and oxygen atoms in total. The predicted octanol–water partition coefficient (Wildman–Crippen LogP) is 0.342. The summed E-state index contributed by atoms with van der Waals surface area (Å²) >= 11 is 0. The third-order valence-electron chi connectivity index (χ3n) is 3.23. The predicted molar refractivity (Wildman–Crippen MR) is 72.4 cm³/mol. The van der Waals surface area contributed by atoms with Crippen LogP contribution < -0.4 is 11.1 Å². The number of amides is 1. The topological polar surface area (TPSA) is 67.6 Å². The molecule has 0 radical (unpaired) electrons. The molecule has 1 heterocycles. The van der Waals surface area contributed by atoms with Gasteiger partial charge in [-0.1, -0.05) is 12.8 Å². The molecular formula is C13H27N3O2. The summed E-state index contributed by atoms with van der Waals surface area (Å²) in [5.41, 5.74) is 5.41. The molecule has 0 spiro atoms. The SMILES string of the molecule is CN1CCOC(CNC(=O)CCCCCCN)C1. The van der Waals surface area contributed by atoms with Crippen molar-refractivity contribution in [2.24, 2.45) is 5.73 Å². The number of unbranched alkanes of at least 4 members (excludes halogenated alkanes) is 3. The minimum atomic E-state index is 0.138. The van der Waals surface area contributed by atoms with E-state index in [1.54, 1.807) is 0 Å². The Balaban J connectivity index is 1.99. The third-order valence-corrected chi connectivity index (χ3v) is 3.23. The summed E-state index contributed by atoms with van der Waals surface area (Å²) < 4.78 is 5.59. The fourth-order valence-corrected chi connectivity index (χ4v) is 2.09. The molecule has 0 bridgehead atoms. The summed E-state index contributed by atoms with van der Waals surface area (Å²) in [7, 11) is 2.08. The van der Waals surface area contributed by atoms with Gasteiger partial charge in [-0.2, -0.15) is 0 Å². The molecule has 0 aromatic carbocycles. The van der Waals surface area contributed by atoms with Crippen LogP contribution in [0.4, 0.5) is 0 Å². The summed E-state index contributed by atoms with van der Waals surface area (Å²) in [5, 5.41) is 2.95. The zero-order valence-electron chi connectivity index (χ0n) is 11.5. The summed E-state index contributed by atoms with van der Waals surface area (Å²) in [6, 6.07) is 0. The molecule has 0 aromatic rings. The van der Waals surface area contributed by atoms with Crippen molar-refractivity contribution in [3.8, 4) is 0 Å². The lowest BCUT2D eigenvalue weighted by Gasteiger charge is -2.30. The molecule has 106 valence electrons. The molecule has 1 unspecified atom stereocenters. The van der Waals surface area contributed by atoms with Crippen LogP contribution in [-0.4, -0.2) is 56.7 Å². The summed E-state index contributed by atoms with van der Waals surface area (Å²) in [4.78, 5) is 13.8. The van der Waals surface area contributed by atoms with Crippen molar-refractivity contribution in [2.75, 3.05) is 39.8 Å². The van der Waals surface area contributed by atoms with Crippen LogP contribution in [0.25, 0.3) is 0 Å². The monoisotopic (exact) mass is 257 g/mol. The average molecular weight is 257 g/mol. The Morgan fingerprint density at radius 3 is 2.89 bits per heavy atom. The van der Waals surface area contributed by atoms with Gasteiger partial charge in [-0.15, -0.1) is 0 Å². The zero-order chi connectivity index (χ0) is 13.2. The van der Waals surface area contributed by atoms with Gasteiger partial charge in [0.1, 0.15) is 0 Å². The number of nitrogens with zero attached hydrogens (tertiary/aromatic N) is 1. The summed E-state index contributed by atoms with van der Waals surface area (Å²) in [6.45, 7) is 4.02. The van der Waals surface area contributed by atoms with Crippen molar-refractivity contribution in [3.05, 3.63) is 0 Å². The first-order valence-electron chi connectivity index (χ1n) is 6.99. The molecule has 1 saturated heterocycles. The molecule has 1 amide bonds. The van der Waals surface area contributed by atoms with Gasteiger partial charge in [0.05, 0.1) is 12.7 Å². The van der Waals surface area contributed by atoms with Crippen LogP contribution in [0.15, 0.2) is 0 Å². The van der Waals surface area contributed by atoms with Crippen LogP contribution >= 0.6 is 0 Å². The van der Waals surface area contributed by atoms with E-state index < -0.39 is 0 Å². The number of rotatable bonds is 8. The van der Waals surface area contributed by atoms with Crippen molar-refractivity contribution < 1.29 is 9.53 Å². The maximum atomic E-state index is 11.6. The minimum Gasteiger partial charge on any atom is -0.374 e. The highest BCUT2D eigenvalue weighted by atomic mass is 16.5. The van der Waals surface area contributed by atoms with E-state index in [1.807, 2.05) is 0 Å². The van der Waals surface area contributed by atoms with Gasteiger partial charge < -0.3 is 20.7 Å². The number of likely N-dealkylation sites (N-methyl/N-ethyl adjacent to an activating group) is 1. The van der Waals surface area contributed by atoms with Gasteiger partial charge in [-0.3, -0.25) is 4.79 Å². The first kappa shape index (κ1) is 15.4.